The second kappa shape index (κ2) is 7.58. The van der Waals surface area contributed by atoms with Crippen LogP contribution in [0.1, 0.15) is 45.4 Å². The van der Waals surface area contributed by atoms with E-state index in [4.69, 9.17) is 0 Å². The van der Waals surface area contributed by atoms with Crippen LogP contribution in [0.3, 0.4) is 0 Å². The van der Waals surface area contributed by atoms with E-state index in [2.05, 4.69) is 18.5 Å². The summed E-state index contributed by atoms with van der Waals surface area (Å²) in [5, 5.41) is 3.72. The maximum atomic E-state index is 3.72. The van der Waals surface area contributed by atoms with Gasteiger partial charge in [-0.25, -0.2) is 0 Å². The highest BCUT2D eigenvalue weighted by molar-refractivity contribution is 7.98. The lowest BCUT2D eigenvalue weighted by atomic mass is 9.89. The Hall–Kier alpha value is 0.310. The van der Waals surface area contributed by atoms with Crippen molar-refractivity contribution in [2.75, 3.05) is 18.6 Å². The van der Waals surface area contributed by atoms with E-state index in [0.717, 1.165) is 12.0 Å². The zero-order valence-corrected chi connectivity index (χ0v) is 10.5. The van der Waals surface area contributed by atoms with E-state index in [-0.39, 0.29) is 0 Å². The fraction of sp³-hybridized carbons (Fsp3) is 1.00. The Morgan fingerprint density at radius 3 is 2.57 bits per heavy atom. The molecular formula is C12H25NS. The molecule has 0 bridgehead atoms. The Bertz CT molecular complexity index is 128. The van der Waals surface area contributed by atoms with Crippen LogP contribution in [-0.2, 0) is 0 Å². The molecule has 1 aliphatic rings. The molecule has 0 saturated heterocycles. The minimum Gasteiger partial charge on any atom is -0.313 e. The number of hydrogen-bond donors (Lipinski definition) is 1. The van der Waals surface area contributed by atoms with Crippen LogP contribution in [0.5, 0.6) is 0 Å². The first-order valence-electron chi connectivity index (χ1n) is 6.09. The van der Waals surface area contributed by atoms with Gasteiger partial charge >= 0.3 is 0 Å². The summed E-state index contributed by atoms with van der Waals surface area (Å²) in [7, 11) is 0. The molecule has 0 aromatic carbocycles. The predicted molar refractivity (Wildman–Crippen MR) is 67.0 cm³/mol. The van der Waals surface area contributed by atoms with Crippen molar-refractivity contribution < 1.29 is 0 Å². The quantitative estimate of drug-likeness (QED) is 0.729. The molecule has 1 N–H and O–H groups in total. The van der Waals surface area contributed by atoms with Gasteiger partial charge in [-0.15, -0.1) is 0 Å². The molecule has 1 unspecified atom stereocenters. The van der Waals surface area contributed by atoms with Crippen LogP contribution < -0.4 is 5.32 Å². The molecule has 1 saturated carbocycles. The van der Waals surface area contributed by atoms with Gasteiger partial charge in [0.1, 0.15) is 0 Å². The number of hydrogen-bond acceptors (Lipinski definition) is 2. The Labute approximate surface area is 93.4 Å². The highest BCUT2D eigenvalue weighted by Gasteiger charge is 2.14. The maximum absolute atomic E-state index is 3.72. The molecule has 0 spiro atoms. The molecule has 14 heavy (non-hydrogen) atoms. The van der Waals surface area contributed by atoms with Crippen molar-refractivity contribution in [1.82, 2.24) is 5.32 Å². The van der Waals surface area contributed by atoms with E-state index >= 15 is 0 Å². The Balaban J connectivity index is 2.10. The van der Waals surface area contributed by atoms with E-state index in [1.807, 2.05) is 11.8 Å². The van der Waals surface area contributed by atoms with Crippen LogP contribution >= 0.6 is 11.8 Å². The van der Waals surface area contributed by atoms with Gasteiger partial charge in [-0.1, -0.05) is 26.2 Å². The number of nitrogens with one attached hydrogen (secondary N) is 1. The van der Waals surface area contributed by atoms with Crippen molar-refractivity contribution in [1.29, 1.82) is 0 Å². The third kappa shape index (κ3) is 4.70. The van der Waals surface area contributed by atoms with Gasteiger partial charge < -0.3 is 5.32 Å². The SMILES string of the molecule is CCC(CSC)NCC1CCCCC1. The molecule has 1 fully saturated rings. The monoisotopic (exact) mass is 215 g/mol. The fourth-order valence-electron chi connectivity index (χ4n) is 2.25. The molecule has 0 aliphatic heterocycles. The van der Waals surface area contributed by atoms with Gasteiger partial charge in [0.05, 0.1) is 0 Å². The smallest absolute Gasteiger partial charge is 0.0155 e. The molecule has 0 aromatic heterocycles. The van der Waals surface area contributed by atoms with Crippen LogP contribution in [0.2, 0.25) is 0 Å². The summed E-state index contributed by atoms with van der Waals surface area (Å²) in [6, 6.07) is 0.743. The zero-order chi connectivity index (χ0) is 10.2. The van der Waals surface area contributed by atoms with Crippen molar-refractivity contribution in [3.63, 3.8) is 0 Å². The summed E-state index contributed by atoms with van der Waals surface area (Å²) in [5.74, 6) is 2.24. The average Bonchev–Trinajstić information content (AvgIpc) is 2.25. The summed E-state index contributed by atoms with van der Waals surface area (Å²) in [5.41, 5.74) is 0. The lowest BCUT2D eigenvalue weighted by Crippen LogP contribution is -2.35. The van der Waals surface area contributed by atoms with E-state index in [0.29, 0.717) is 0 Å². The van der Waals surface area contributed by atoms with Gasteiger partial charge in [-0.3, -0.25) is 0 Å². The third-order valence-electron chi connectivity index (χ3n) is 3.28. The van der Waals surface area contributed by atoms with Crippen molar-refractivity contribution in [3.05, 3.63) is 0 Å². The second-order valence-electron chi connectivity index (χ2n) is 4.47. The van der Waals surface area contributed by atoms with Gasteiger partial charge in [-0.05, 0) is 38.0 Å². The highest BCUT2D eigenvalue weighted by atomic mass is 32.2. The summed E-state index contributed by atoms with van der Waals surface area (Å²) in [4.78, 5) is 0. The Morgan fingerprint density at radius 1 is 1.29 bits per heavy atom. The molecule has 1 rings (SSSR count). The number of rotatable bonds is 6. The van der Waals surface area contributed by atoms with Gasteiger partial charge in [0.15, 0.2) is 0 Å². The van der Waals surface area contributed by atoms with Crippen molar-refractivity contribution >= 4 is 11.8 Å². The Morgan fingerprint density at radius 2 is 2.00 bits per heavy atom. The lowest BCUT2D eigenvalue weighted by molar-refractivity contribution is 0.330. The van der Waals surface area contributed by atoms with Crippen LogP contribution in [0, 0.1) is 5.92 Å². The standard InChI is InChI=1S/C12H25NS/c1-3-12(10-14-2)13-9-11-7-5-4-6-8-11/h11-13H,3-10H2,1-2H3. The summed E-state index contributed by atoms with van der Waals surface area (Å²) in [6.07, 6.45) is 10.8. The third-order valence-corrected chi connectivity index (χ3v) is 4.02. The summed E-state index contributed by atoms with van der Waals surface area (Å²) < 4.78 is 0. The first-order chi connectivity index (χ1) is 6.86. The van der Waals surface area contributed by atoms with E-state index in [9.17, 15) is 0 Å². The van der Waals surface area contributed by atoms with E-state index in [1.165, 1.54) is 50.8 Å². The molecular weight excluding hydrogens is 190 g/mol. The van der Waals surface area contributed by atoms with Gasteiger partial charge in [0, 0.05) is 11.8 Å². The van der Waals surface area contributed by atoms with E-state index < -0.39 is 0 Å². The Kier molecular flexibility index (Phi) is 6.70. The highest BCUT2D eigenvalue weighted by Crippen LogP contribution is 2.22. The first-order valence-corrected chi connectivity index (χ1v) is 7.48. The number of thioether (sulfide) groups is 1. The van der Waals surface area contributed by atoms with Crippen LogP contribution in [0.4, 0.5) is 0 Å². The largest absolute Gasteiger partial charge is 0.313 e. The maximum Gasteiger partial charge on any atom is 0.0155 e. The van der Waals surface area contributed by atoms with Gasteiger partial charge in [-0.2, -0.15) is 11.8 Å². The predicted octanol–water partition coefficient (Wildman–Crippen LogP) is 3.30. The topological polar surface area (TPSA) is 12.0 Å². The first kappa shape index (κ1) is 12.4. The molecule has 1 nitrogen and oxygen atoms in total. The van der Waals surface area contributed by atoms with Crippen LogP contribution in [-0.4, -0.2) is 24.6 Å². The van der Waals surface area contributed by atoms with Crippen LogP contribution in [0.25, 0.3) is 0 Å². The minimum atomic E-state index is 0.743. The van der Waals surface area contributed by atoms with Crippen molar-refractivity contribution in [2.45, 2.75) is 51.5 Å². The molecule has 1 atom stereocenters. The minimum absolute atomic E-state index is 0.743. The summed E-state index contributed by atoms with van der Waals surface area (Å²) >= 11 is 1.96. The van der Waals surface area contributed by atoms with E-state index in [1.54, 1.807) is 0 Å². The molecule has 2 heteroatoms. The van der Waals surface area contributed by atoms with Crippen molar-refractivity contribution in [3.8, 4) is 0 Å². The van der Waals surface area contributed by atoms with Crippen molar-refractivity contribution in [2.24, 2.45) is 5.92 Å². The molecule has 0 amide bonds. The second-order valence-corrected chi connectivity index (χ2v) is 5.38. The molecule has 0 aromatic rings. The molecule has 84 valence electrons. The molecule has 0 radical (unpaired) electrons. The zero-order valence-electron chi connectivity index (χ0n) is 9.72. The van der Waals surface area contributed by atoms with Crippen LogP contribution in [0.15, 0.2) is 0 Å². The average molecular weight is 215 g/mol. The fourth-order valence-corrected chi connectivity index (χ4v) is 3.00. The molecule has 0 heterocycles. The molecule has 1 aliphatic carbocycles. The summed E-state index contributed by atoms with van der Waals surface area (Å²) in [6.45, 7) is 3.55. The normalized spacial score (nSPS) is 21.0. The van der Waals surface area contributed by atoms with Gasteiger partial charge in [0.2, 0.25) is 0 Å². The van der Waals surface area contributed by atoms with Gasteiger partial charge in [0.25, 0.3) is 0 Å². The lowest BCUT2D eigenvalue weighted by Gasteiger charge is -2.24.